The van der Waals surface area contributed by atoms with Crippen molar-refractivity contribution in [3.63, 3.8) is 0 Å². The van der Waals surface area contributed by atoms with Gasteiger partial charge in [-0.1, -0.05) is 19.8 Å². The largest absolute Gasteiger partial charge is 0.388 e. The Kier molecular flexibility index (Phi) is 3.84. The average molecular weight is 237 g/mol. The molecule has 0 bridgehead atoms. The van der Waals surface area contributed by atoms with Crippen LogP contribution in [0.3, 0.4) is 0 Å². The van der Waals surface area contributed by atoms with Crippen LogP contribution in [0.15, 0.2) is 12.4 Å². The van der Waals surface area contributed by atoms with E-state index in [1.807, 2.05) is 10.9 Å². The number of hydrogen-bond acceptors (Lipinski definition) is 3. The fraction of sp³-hybridized carbons (Fsp3) is 0.769. The number of aryl methyl sites for hydroxylation is 1. The average Bonchev–Trinajstić information content (AvgIpc) is 2.74. The van der Waals surface area contributed by atoms with E-state index in [0.717, 1.165) is 37.8 Å². The number of hydrogen-bond donors (Lipinski definition) is 2. The second kappa shape index (κ2) is 5.19. The van der Waals surface area contributed by atoms with Crippen molar-refractivity contribution in [3.8, 4) is 0 Å². The molecule has 1 unspecified atom stereocenters. The molecule has 1 aliphatic carbocycles. The fourth-order valence-corrected chi connectivity index (χ4v) is 2.54. The van der Waals surface area contributed by atoms with E-state index in [1.165, 1.54) is 6.42 Å². The van der Waals surface area contributed by atoms with Crippen LogP contribution in [0, 0.1) is 5.41 Å². The molecule has 0 spiro atoms. The van der Waals surface area contributed by atoms with E-state index in [-0.39, 0.29) is 5.41 Å². The van der Waals surface area contributed by atoms with Crippen molar-refractivity contribution in [2.24, 2.45) is 11.1 Å². The van der Waals surface area contributed by atoms with Crippen molar-refractivity contribution >= 4 is 0 Å². The molecule has 0 aliphatic heterocycles. The number of unbranched alkanes of at least 4 members (excludes halogenated alkanes) is 1. The van der Waals surface area contributed by atoms with Gasteiger partial charge in [0.1, 0.15) is 0 Å². The van der Waals surface area contributed by atoms with Gasteiger partial charge < -0.3 is 10.8 Å². The number of nitrogens with zero attached hydrogens (tertiary/aromatic N) is 2. The lowest BCUT2D eigenvalue weighted by Gasteiger charge is -2.44. The maximum absolute atomic E-state index is 10.4. The third-order valence-corrected chi connectivity index (χ3v) is 4.05. The number of nitrogens with two attached hydrogens (primary N) is 1. The van der Waals surface area contributed by atoms with Crippen molar-refractivity contribution in [2.45, 2.75) is 51.7 Å². The predicted molar refractivity (Wildman–Crippen MR) is 67.4 cm³/mol. The van der Waals surface area contributed by atoms with Crippen LogP contribution in [-0.4, -0.2) is 21.4 Å². The standard InChI is InChI=1S/C13H23N3O/c1-2-3-7-16-9-11(8-15-16)12(17)13(10-14)5-4-6-13/h8-9,12,17H,2-7,10,14H2,1H3. The van der Waals surface area contributed by atoms with Gasteiger partial charge >= 0.3 is 0 Å². The Hall–Kier alpha value is -0.870. The molecule has 1 aromatic heterocycles. The Balaban J connectivity index is 2.03. The second-order valence-corrected chi connectivity index (χ2v) is 5.21. The molecule has 0 radical (unpaired) electrons. The molecule has 2 rings (SSSR count). The molecule has 1 atom stereocenters. The van der Waals surface area contributed by atoms with Crippen LogP contribution in [0.25, 0.3) is 0 Å². The summed E-state index contributed by atoms with van der Waals surface area (Å²) in [4.78, 5) is 0. The SMILES string of the molecule is CCCCn1cc(C(O)C2(CN)CCC2)cn1. The first-order chi connectivity index (χ1) is 8.22. The first-order valence-corrected chi connectivity index (χ1v) is 6.62. The maximum Gasteiger partial charge on any atom is 0.0888 e. The molecule has 96 valence electrons. The Bertz CT molecular complexity index is 352. The third-order valence-electron chi connectivity index (χ3n) is 4.05. The number of aromatic nitrogens is 2. The summed E-state index contributed by atoms with van der Waals surface area (Å²) in [6.07, 6.45) is 8.83. The van der Waals surface area contributed by atoms with Gasteiger partial charge in [0.25, 0.3) is 0 Å². The molecule has 1 heterocycles. The van der Waals surface area contributed by atoms with Gasteiger partial charge in [-0.05, 0) is 19.3 Å². The summed E-state index contributed by atoms with van der Waals surface area (Å²) >= 11 is 0. The third kappa shape index (κ3) is 2.38. The lowest BCUT2D eigenvalue weighted by atomic mass is 9.64. The molecule has 1 aliphatic rings. The zero-order valence-electron chi connectivity index (χ0n) is 10.6. The molecule has 1 saturated carbocycles. The van der Waals surface area contributed by atoms with Crippen molar-refractivity contribution < 1.29 is 5.11 Å². The molecule has 4 nitrogen and oxygen atoms in total. The fourth-order valence-electron chi connectivity index (χ4n) is 2.54. The maximum atomic E-state index is 10.4. The summed E-state index contributed by atoms with van der Waals surface area (Å²) in [5.41, 5.74) is 6.64. The summed E-state index contributed by atoms with van der Waals surface area (Å²) in [6.45, 7) is 3.66. The summed E-state index contributed by atoms with van der Waals surface area (Å²) < 4.78 is 1.92. The zero-order valence-corrected chi connectivity index (χ0v) is 10.6. The number of aliphatic hydroxyl groups excluding tert-OH is 1. The van der Waals surface area contributed by atoms with Crippen LogP contribution >= 0.6 is 0 Å². The summed E-state index contributed by atoms with van der Waals surface area (Å²) in [5, 5.41) is 14.7. The van der Waals surface area contributed by atoms with E-state index in [9.17, 15) is 5.11 Å². The number of rotatable bonds is 6. The van der Waals surface area contributed by atoms with E-state index < -0.39 is 6.10 Å². The predicted octanol–water partition coefficient (Wildman–Crippen LogP) is 1.85. The van der Waals surface area contributed by atoms with E-state index in [1.54, 1.807) is 6.20 Å². The van der Waals surface area contributed by atoms with E-state index in [0.29, 0.717) is 6.54 Å². The lowest BCUT2D eigenvalue weighted by molar-refractivity contribution is -0.0297. The summed E-state index contributed by atoms with van der Waals surface area (Å²) in [6, 6.07) is 0. The summed E-state index contributed by atoms with van der Waals surface area (Å²) in [5.74, 6) is 0. The monoisotopic (exact) mass is 237 g/mol. The first-order valence-electron chi connectivity index (χ1n) is 6.62. The van der Waals surface area contributed by atoms with Crippen LogP contribution in [0.4, 0.5) is 0 Å². The molecule has 17 heavy (non-hydrogen) atoms. The van der Waals surface area contributed by atoms with E-state index in [4.69, 9.17) is 5.73 Å². The Morgan fingerprint density at radius 2 is 2.35 bits per heavy atom. The molecule has 0 aromatic carbocycles. The van der Waals surface area contributed by atoms with Gasteiger partial charge in [-0.2, -0.15) is 5.10 Å². The van der Waals surface area contributed by atoms with Gasteiger partial charge in [-0.15, -0.1) is 0 Å². The van der Waals surface area contributed by atoms with Gasteiger partial charge in [0.05, 0.1) is 12.3 Å². The van der Waals surface area contributed by atoms with Crippen LogP contribution in [0.5, 0.6) is 0 Å². The molecule has 1 aromatic rings. The molecule has 3 N–H and O–H groups in total. The molecular weight excluding hydrogens is 214 g/mol. The van der Waals surface area contributed by atoms with Crippen molar-refractivity contribution in [2.75, 3.05) is 6.54 Å². The van der Waals surface area contributed by atoms with E-state index in [2.05, 4.69) is 12.0 Å². The van der Waals surface area contributed by atoms with Crippen molar-refractivity contribution in [1.82, 2.24) is 9.78 Å². The van der Waals surface area contributed by atoms with Crippen LogP contribution in [0.2, 0.25) is 0 Å². The minimum absolute atomic E-state index is 0.0847. The molecule has 0 saturated heterocycles. The molecule has 1 fully saturated rings. The lowest BCUT2D eigenvalue weighted by Crippen LogP contribution is -2.42. The quantitative estimate of drug-likeness (QED) is 0.793. The van der Waals surface area contributed by atoms with Gasteiger partial charge in [0.15, 0.2) is 0 Å². The van der Waals surface area contributed by atoms with Crippen LogP contribution in [0.1, 0.15) is 50.7 Å². The Labute approximate surface area is 103 Å². The Morgan fingerprint density at radius 1 is 1.59 bits per heavy atom. The normalized spacial score (nSPS) is 19.9. The second-order valence-electron chi connectivity index (χ2n) is 5.21. The highest BCUT2D eigenvalue weighted by Gasteiger charge is 2.43. The summed E-state index contributed by atoms with van der Waals surface area (Å²) in [7, 11) is 0. The van der Waals surface area contributed by atoms with E-state index >= 15 is 0 Å². The van der Waals surface area contributed by atoms with Crippen molar-refractivity contribution in [1.29, 1.82) is 0 Å². The smallest absolute Gasteiger partial charge is 0.0888 e. The minimum atomic E-state index is -0.448. The highest BCUT2D eigenvalue weighted by Crippen LogP contribution is 2.49. The van der Waals surface area contributed by atoms with Crippen LogP contribution < -0.4 is 5.73 Å². The Morgan fingerprint density at radius 3 is 2.88 bits per heavy atom. The van der Waals surface area contributed by atoms with Crippen LogP contribution in [-0.2, 0) is 6.54 Å². The molecular formula is C13H23N3O. The highest BCUT2D eigenvalue weighted by atomic mass is 16.3. The zero-order chi connectivity index (χ0) is 12.3. The highest BCUT2D eigenvalue weighted by molar-refractivity contribution is 5.14. The van der Waals surface area contributed by atoms with Gasteiger partial charge in [0, 0.05) is 30.3 Å². The first kappa shape index (κ1) is 12.6. The van der Waals surface area contributed by atoms with Crippen molar-refractivity contribution in [3.05, 3.63) is 18.0 Å². The van der Waals surface area contributed by atoms with Gasteiger partial charge in [-0.3, -0.25) is 4.68 Å². The molecule has 4 heteroatoms. The van der Waals surface area contributed by atoms with Gasteiger partial charge in [0.2, 0.25) is 0 Å². The minimum Gasteiger partial charge on any atom is -0.388 e. The topological polar surface area (TPSA) is 64.1 Å². The number of aliphatic hydroxyl groups is 1. The van der Waals surface area contributed by atoms with Gasteiger partial charge in [-0.25, -0.2) is 0 Å². The molecule has 0 amide bonds.